The number of aliphatic hydroxyl groups is 1. The van der Waals surface area contributed by atoms with Crippen molar-refractivity contribution in [3.63, 3.8) is 0 Å². The van der Waals surface area contributed by atoms with Crippen molar-refractivity contribution in [2.45, 2.75) is 80.2 Å². The second kappa shape index (κ2) is 16.7. The molecule has 2 N–H and O–H groups in total. The third kappa shape index (κ3) is 7.42. The van der Waals surface area contributed by atoms with Crippen LogP contribution in [0.1, 0.15) is 57.1 Å². The van der Waals surface area contributed by atoms with Crippen molar-refractivity contribution in [2.24, 2.45) is 11.8 Å². The summed E-state index contributed by atoms with van der Waals surface area (Å²) in [5, 5.41) is 12.7. The normalized spacial score (nSPS) is 26.2. The number of anilines is 1. The van der Waals surface area contributed by atoms with Crippen LogP contribution in [0.25, 0.3) is 0 Å². The van der Waals surface area contributed by atoms with Gasteiger partial charge in [-0.1, -0.05) is 82.1 Å². The second-order valence-corrected chi connectivity index (χ2v) is 14.7. The topological polar surface area (TPSA) is 125 Å². The minimum atomic E-state index is -1.32. The molecule has 268 valence electrons. The van der Waals surface area contributed by atoms with E-state index in [1.807, 2.05) is 30.3 Å². The van der Waals surface area contributed by atoms with Crippen LogP contribution in [0.2, 0.25) is 5.02 Å². The van der Waals surface area contributed by atoms with Crippen molar-refractivity contribution in [1.29, 1.82) is 0 Å². The molecule has 3 fully saturated rings. The Balaban J connectivity index is 1.50. The second-order valence-electron chi connectivity index (χ2n) is 13.1. The maximum atomic E-state index is 14.8. The van der Waals surface area contributed by atoms with Crippen LogP contribution in [0.15, 0.2) is 79.9 Å². The number of carbonyl (C=O) groups is 4. The van der Waals surface area contributed by atoms with Gasteiger partial charge in [-0.15, -0.1) is 13.2 Å². The van der Waals surface area contributed by atoms with Crippen LogP contribution < -0.4 is 10.2 Å². The van der Waals surface area contributed by atoms with Crippen molar-refractivity contribution in [3.8, 4) is 0 Å². The van der Waals surface area contributed by atoms with Crippen LogP contribution in [0.3, 0.4) is 0 Å². The van der Waals surface area contributed by atoms with Crippen molar-refractivity contribution in [1.82, 2.24) is 10.2 Å². The third-order valence-electron chi connectivity index (χ3n) is 9.86. The van der Waals surface area contributed by atoms with E-state index < -0.39 is 47.7 Å². The lowest BCUT2D eigenvalue weighted by Gasteiger charge is -2.37. The van der Waals surface area contributed by atoms with E-state index in [1.54, 1.807) is 48.2 Å². The van der Waals surface area contributed by atoms with Crippen LogP contribution in [0.5, 0.6) is 0 Å². The number of fused-ring (bicyclic) bond motifs is 1. The van der Waals surface area contributed by atoms with E-state index in [0.717, 1.165) is 0 Å². The van der Waals surface area contributed by atoms with Gasteiger partial charge in [0.25, 0.3) is 5.91 Å². The Bertz CT molecular complexity index is 1580. The Morgan fingerprint density at radius 2 is 1.86 bits per heavy atom. The number of unbranched alkanes of at least 4 members (excludes halogenated alkanes) is 2. The van der Waals surface area contributed by atoms with Gasteiger partial charge in [-0.3, -0.25) is 19.2 Å². The highest BCUT2D eigenvalue weighted by atomic mass is 79.9. The molecule has 3 heterocycles. The van der Waals surface area contributed by atoms with E-state index >= 15 is 0 Å². The summed E-state index contributed by atoms with van der Waals surface area (Å²) in [5.74, 6) is -3.57. The molecule has 3 amide bonds. The molecule has 10 nitrogen and oxygen atoms in total. The number of allylic oxidation sites excluding steroid dienone is 1. The number of amides is 3. The summed E-state index contributed by atoms with van der Waals surface area (Å²) in [5.41, 5.74) is -0.163. The van der Waals surface area contributed by atoms with Gasteiger partial charge in [0, 0.05) is 30.9 Å². The molecule has 0 saturated carbocycles. The van der Waals surface area contributed by atoms with Gasteiger partial charge in [-0.05, 0) is 56.7 Å². The number of para-hydroxylation sites is 1. The maximum Gasteiger partial charge on any atom is 0.313 e. The highest BCUT2D eigenvalue weighted by molar-refractivity contribution is 9.09. The number of likely N-dealkylation sites (tertiary alicyclic amines) is 1. The maximum absolute atomic E-state index is 14.8. The summed E-state index contributed by atoms with van der Waals surface area (Å²) >= 11 is 10.3. The number of ether oxygens (including phenoxy) is 2. The van der Waals surface area contributed by atoms with Crippen LogP contribution >= 0.6 is 27.5 Å². The predicted molar refractivity (Wildman–Crippen MR) is 195 cm³/mol. The van der Waals surface area contributed by atoms with Crippen molar-refractivity contribution in [3.05, 3.63) is 90.5 Å². The smallest absolute Gasteiger partial charge is 0.313 e. The minimum Gasteiger partial charge on any atom is -0.455 e. The van der Waals surface area contributed by atoms with Gasteiger partial charge >= 0.3 is 5.97 Å². The summed E-state index contributed by atoms with van der Waals surface area (Å²) in [6.07, 6.45) is 4.49. The molecule has 2 bridgehead atoms. The van der Waals surface area contributed by atoms with Crippen molar-refractivity contribution in [2.75, 3.05) is 24.6 Å². The molecule has 2 aromatic carbocycles. The van der Waals surface area contributed by atoms with Gasteiger partial charge in [0.1, 0.15) is 17.7 Å². The number of halogens is 2. The zero-order chi connectivity index (χ0) is 36.0. The fraction of sp³-hybridized carbons (Fsp3) is 0.474. The quantitative estimate of drug-likeness (QED) is 0.0940. The molecule has 3 saturated heterocycles. The molecule has 0 aliphatic carbocycles. The number of esters is 1. The van der Waals surface area contributed by atoms with E-state index in [1.165, 1.54) is 4.90 Å². The molecule has 5 rings (SSSR count). The Hall–Kier alpha value is -3.51. The lowest BCUT2D eigenvalue weighted by atomic mass is 9.70. The van der Waals surface area contributed by atoms with Crippen LogP contribution in [0, 0.1) is 11.8 Å². The summed E-state index contributed by atoms with van der Waals surface area (Å²) in [6.45, 7) is 9.69. The molecule has 3 aliphatic rings. The highest BCUT2D eigenvalue weighted by Crippen LogP contribution is 2.60. The molecule has 0 radical (unpaired) electrons. The first-order valence-electron chi connectivity index (χ1n) is 17.1. The van der Waals surface area contributed by atoms with Crippen LogP contribution in [-0.4, -0.2) is 82.0 Å². The lowest BCUT2D eigenvalue weighted by Crippen LogP contribution is -2.57. The van der Waals surface area contributed by atoms with Gasteiger partial charge in [0.15, 0.2) is 0 Å². The molecule has 12 heteroatoms. The van der Waals surface area contributed by atoms with Gasteiger partial charge in [-0.25, -0.2) is 0 Å². The number of nitrogens with zero attached hydrogens (tertiary/aromatic N) is 2. The molecule has 50 heavy (non-hydrogen) atoms. The minimum absolute atomic E-state index is 0.0160. The first-order valence-corrected chi connectivity index (χ1v) is 18.4. The number of benzene rings is 2. The fourth-order valence-corrected chi connectivity index (χ4v) is 8.86. The summed E-state index contributed by atoms with van der Waals surface area (Å²) in [6, 6.07) is 14.5. The third-order valence-corrected chi connectivity index (χ3v) is 11.0. The zero-order valence-corrected chi connectivity index (χ0v) is 30.6. The average Bonchev–Trinajstić information content (AvgIpc) is 3.70. The van der Waals surface area contributed by atoms with E-state index in [0.29, 0.717) is 48.4 Å². The molecule has 8 atom stereocenters. The number of hydrogen-bond donors (Lipinski definition) is 2. The number of rotatable bonds is 17. The van der Waals surface area contributed by atoms with Crippen LogP contribution in [0.4, 0.5) is 5.69 Å². The standard InChI is InChI=1S/C38H45BrClN3O7/c1-4-6-19-29(45)41-24(3)32(25-15-9-7-10-16-25)49-37(48)30-31-35(46)43(21-13-8-14-22-44)34(38(31)23-26(39)33(30)50-38)36(47)42(20-5-2)28-18-12-11-17-27(28)40/h4-5,7,9-12,15-18,24,26,30-34,44H,1-2,6,8,13-14,19-23H2,3H3,(H,41,45)/t24-,26?,30+,31-,32-,33+,34+,38-/m0/s1. The van der Waals surface area contributed by atoms with Crippen molar-refractivity contribution >= 4 is 56.9 Å². The largest absolute Gasteiger partial charge is 0.455 e. The first-order chi connectivity index (χ1) is 24.1. The molecular weight excluding hydrogens is 726 g/mol. The molecule has 2 aromatic rings. The molecule has 3 aliphatic heterocycles. The molecule has 0 aromatic heterocycles. The average molecular weight is 771 g/mol. The van der Waals surface area contributed by atoms with E-state index in [4.69, 9.17) is 21.1 Å². The van der Waals surface area contributed by atoms with Crippen molar-refractivity contribution < 1.29 is 33.8 Å². The van der Waals surface area contributed by atoms with Gasteiger partial charge in [0.05, 0.1) is 34.7 Å². The number of carbonyl (C=O) groups excluding carboxylic acids is 4. The summed E-state index contributed by atoms with van der Waals surface area (Å²) in [4.78, 5) is 59.2. The number of aliphatic hydroxyl groups excluding tert-OH is 1. The van der Waals surface area contributed by atoms with Gasteiger partial charge < -0.3 is 29.7 Å². The molecular formula is C38H45BrClN3O7. The zero-order valence-electron chi connectivity index (χ0n) is 28.2. The van der Waals surface area contributed by atoms with E-state index in [-0.39, 0.29) is 48.7 Å². The van der Waals surface area contributed by atoms with Gasteiger partial charge in [-0.2, -0.15) is 0 Å². The molecule has 1 spiro atoms. The summed E-state index contributed by atoms with van der Waals surface area (Å²) in [7, 11) is 0. The van der Waals surface area contributed by atoms with E-state index in [2.05, 4.69) is 34.4 Å². The Labute approximate surface area is 306 Å². The molecule has 1 unspecified atom stereocenters. The number of alkyl halides is 1. The van der Waals surface area contributed by atoms with E-state index in [9.17, 15) is 24.3 Å². The SMILES string of the molecule is C=CCCC(=O)N[C@@H](C)[C@H](OC(=O)[C@H]1[C@@H]2O[C@@]3(CC2Br)[C@@H]1C(=O)N(CCCCCO)[C@@H]3C(=O)N(CC=C)c1ccccc1Cl)c1ccccc1. The Kier molecular flexibility index (Phi) is 12.6. The first kappa shape index (κ1) is 37.7. The summed E-state index contributed by atoms with van der Waals surface area (Å²) < 4.78 is 13.0. The monoisotopic (exact) mass is 769 g/mol. The Morgan fingerprint density at radius 3 is 2.54 bits per heavy atom. The van der Waals surface area contributed by atoms with Gasteiger partial charge in [0.2, 0.25) is 11.8 Å². The Morgan fingerprint density at radius 1 is 1.14 bits per heavy atom. The number of nitrogens with one attached hydrogen (secondary N) is 1. The number of hydrogen-bond acceptors (Lipinski definition) is 7. The van der Waals surface area contributed by atoms with Crippen LogP contribution in [-0.2, 0) is 28.7 Å². The lowest BCUT2D eigenvalue weighted by molar-refractivity contribution is -0.162. The predicted octanol–water partition coefficient (Wildman–Crippen LogP) is 5.53. The highest BCUT2D eigenvalue weighted by Gasteiger charge is 2.77. The fourth-order valence-electron chi connectivity index (χ4n) is 7.68.